The number of aromatic nitrogens is 1. The van der Waals surface area contributed by atoms with E-state index in [1.807, 2.05) is 0 Å². The minimum atomic E-state index is -1.55. The molecule has 6 nitrogen and oxygen atoms in total. The maximum absolute atomic E-state index is 11.2. The van der Waals surface area contributed by atoms with Crippen molar-refractivity contribution in [3.8, 4) is 0 Å². The summed E-state index contributed by atoms with van der Waals surface area (Å²) in [6.45, 7) is 1.74. The van der Waals surface area contributed by atoms with Gasteiger partial charge in [-0.1, -0.05) is 13.0 Å². The highest BCUT2D eigenvalue weighted by atomic mass is 16.3. The van der Waals surface area contributed by atoms with E-state index in [0.717, 1.165) is 5.56 Å². The molecular weight excluding hydrogens is 234 g/mol. The van der Waals surface area contributed by atoms with Crippen molar-refractivity contribution in [2.24, 2.45) is 5.73 Å². The van der Waals surface area contributed by atoms with Gasteiger partial charge in [0.1, 0.15) is 5.82 Å². The molecule has 18 heavy (non-hydrogen) atoms. The van der Waals surface area contributed by atoms with E-state index in [1.54, 1.807) is 19.1 Å². The van der Waals surface area contributed by atoms with E-state index >= 15 is 0 Å². The number of aliphatic hydroxyl groups is 1. The average molecular weight is 249 g/mol. The standard InChI is InChI=1S/C12H15N3O3/c1-2-10(16)15-9-4-3-7-5-12(18,11(13)17)6-8(7)14-9/h3-4,18H,2,5-6H2,1H3,(H2,13,17)(H,14,15,16). The van der Waals surface area contributed by atoms with Crippen LogP contribution in [0.3, 0.4) is 0 Å². The van der Waals surface area contributed by atoms with Crippen LogP contribution in [0.4, 0.5) is 5.82 Å². The summed E-state index contributed by atoms with van der Waals surface area (Å²) in [5.41, 5.74) is 5.00. The third kappa shape index (κ3) is 2.19. The van der Waals surface area contributed by atoms with Crippen LogP contribution in [-0.4, -0.2) is 27.5 Å². The van der Waals surface area contributed by atoms with E-state index in [0.29, 0.717) is 17.9 Å². The van der Waals surface area contributed by atoms with Crippen LogP contribution in [0.1, 0.15) is 24.6 Å². The third-order valence-electron chi connectivity index (χ3n) is 3.06. The summed E-state index contributed by atoms with van der Waals surface area (Å²) >= 11 is 0. The highest BCUT2D eigenvalue weighted by molar-refractivity contribution is 5.89. The zero-order chi connectivity index (χ0) is 13.3. The van der Waals surface area contributed by atoms with Crippen LogP contribution in [-0.2, 0) is 22.4 Å². The number of hydrogen-bond acceptors (Lipinski definition) is 4. The number of pyridine rings is 1. The van der Waals surface area contributed by atoms with E-state index in [4.69, 9.17) is 5.73 Å². The van der Waals surface area contributed by atoms with Gasteiger partial charge < -0.3 is 16.2 Å². The summed E-state index contributed by atoms with van der Waals surface area (Å²) in [5, 5.41) is 12.6. The molecule has 0 aromatic carbocycles. The number of carbonyl (C=O) groups excluding carboxylic acids is 2. The molecule has 6 heteroatoms. The number of primary amides is 1. The van der Waals surface area contributed by atoms with Crippen LogP contribution < -0.4 is 11.1 Å². The maximum Gasteiger partial charge on any atom is 0.250 e. The Hall–Kier alpha value is -1.95. The van der Waals surface area contributed by atoms with Crippen molar-refractivity contribution >= 4 is 17.6 Å². The molecule has 4 N–H and O–H groups in total. The minimum Gasteiger partial charge on any atom is -0.379 e. The Morgan fingerprint density at radius 2 is 2.22 bits per heavy atom. The maximum atomic E-state index is 11.2. The Morgan fingerprint density at radius 1 is 1.50 bits per heavy atom. The summed E-state index contributed by atoms with van der Waals surface area (Å²) < 4.78 is 0. The molecular formula is C12H15N3O3. The van der Waals surface area contributed by atoms with Crippen molar-refractivity contribution in [1.29, 1.82) is 0 Å². The highest BCUT2D eigenvalue weighted by Crippen LogP contribution is 2.29. The van der Waals surface area contributed by atoms with Crippen LogP contribution in [0, 0.1) is 0 Å². The zero-order valence-electron chi connectivity index (χ0n) is 10.1. The van der Waals surface area contributed by atoms with Gasteiger partial charge >= 0.3 is 0 Å². The first-order valence-corrected chi connectivity index (χ1v) is 5.75. The molecule has 1 aromatic heterocycles. The Labute approximate surface area is 104 Å². The number of nitrogens with zero attached hydrogens (tertiary/aromatic N) is 1. The second-order valence-electron chi connectivity index (χ2n) is 4.45. The number of hydrogen-bond donors (Lipinski definition) is 3. The van der Waals surface area contributed by atoms with Crippen molar-refractivity contribution in [3.63, 3.8) is 0 Å². The SMILES string of the molecule is CCC(=O)Nc1ccc2c(n1)CC(O)(C(N)=O)C2. The zero-order valence-corrected chi connectivity index (χ0v) is 10.1. The van der Waals surface area contributed by atoms with E-state index in [1.165, 1.54) is 0 Å². The molecule has 1 atom stereocenters. The minimum absolute atomic E-state index is 0.0908. The number of fused-ring (bicyclic) bond motifs is 1. The van der Waals surface area contributed by atoms with Crippen LogP contribution in [0.15, 0.2) is 12.1 Å². The molecule has 1 heterocycles. The third-order valence-corrected chi connectivity index (χ3v) is 3.06. The van der Waals surface area contributed by atoms with Gasteiger partial charge in [-0.05, 0) is 11.6 Å². The van der Waals surface area contributed by atoms with Gasteiger partial charge in [0.25, 0.3) is 0 Å². The van der Waals surface area contributed by atoms with E-state index < -0.39 is 11.5 Å². The molecule has 0 bridgehead atoms. The largest absolute Gasteiger partial charge is 0.379 e. The van der Waals surface area contributed by atoms with Gasteiger partial charge in [-0.3, -0.25) is 9.59 Å². The van der Waals surface area contributed by atoms with Gasteiger partial charge in [-0.2, -0.15) is 0 Å². The lowest BCUT2D eigenvalue weighted by Gasteiger charge is -2.16. The molecule has 0 spiro atoms. The summed E-state index contributed by atoms with van der Waals surface area (Å²) in [7, 11) is 0. The Kier molecular flexibility index (Phi) is 3.04. The molecule has 1 aromatic rings. The molecule has 0 radical (unpaired) electrons. The number of nitrogens with one attached hydrogen (secondary N) is 1. The number of amides is 2. The molecule has 0 saturated heterocycles. The molecule has 1 aliphatic rings. The molecule has 0 aliphatic heterocycles. The fourth-order valence-electron chi connectivity index (χ4n) is 1.97. The Balaban J connectivity index is 2.22. The van der Waals surface area contributed by atoms with Gasteiger partial charge in [0.05, 0.1) is 0 Å². The summed E-state index contributed by atoms with van der Waals surface area (Å²) in [4.78, 5) is 26.6. The lowest BCUT2D eigenvalue weighted by atomic mass is 10.0. The normalized spacial score (nSPS) is 21.4. The lowest BCUT2D eigenvalue weighted by molar-refractivity contribution is -0.135. The van der Waals surface area contributed by atoms with Crippen molar-refractivity contribution < 1.29 is 14.7 Å². The lowest BCUT2D eigenvalue weighted by Crippen LogP contribution is -2.44. The number of carbonyl (C=O) groups is 2. The first kappa shape index (κ1) is 12.5. The molecule has 2 amide bonds. The van der Waals surface area contributed by atoms with Gasteiger partial charge in [0.2, 0.25) is 11.8 Å². The van der Waals surface area contributed by atoms with Crippen LogP contribution in [0.2, 0.25) is 0 Å². The molecule has 96 valence electrons. The van der Waals surface area contributed by atoms with Gasteiger partial charge in [-0.25, -0.2) is 4.98 Å². The predicted molar refractivity (Wildman–Crippen MR) is 64.7 cm³/mol. The van der Waals surface area contributed by atoms with Gasteiger partial charge in [0.15, 0.2) is 5.60 Å². The smallest absolute Gasteiger partial charge is 0.250 e. The summed E-state index contributed by atoms with van der Waals surface area (Å²) in [6, 6.07) is 3.40. The molecule has 1 aliphatic carbocycles. The molecule has 2 rings (SSSR count). The fraction of sp³-hybridized carbons (Fsp3) is 0.417. The molecule has 1 unspecified atom stereocenters. The summed E-state index contributed by atoms with van der Waals surface area (Å²) in [5.74, 6) is -0.459. The van der Waals surface area contributed by atoms with Crippen LogP contribution >= 0.6 is 0 Å². The quantitative estimate of drug-likeness (QED) is 0.686. The van der Waals surface area contributed by atoms with E-state index in [-0.39, 0.29) is 18.7 Å². The second kappa shape index (κ2) is 4.38. The van der Waals surface area contributed by atoms with E-state index in [2.05, 4.69) is 10.3 Å². The molecule has 0 saturated carbocycles. The first-order chi connectivity index (χ1) is 8.44. The summed E-state index contributed by atoms with van der Waals surface area (Å²) in [6.07, 6.45) is 0.629. The predicted octanol–water partition coefficient (Wildman–Crippen LogP) is -0.255. The van der Waals surface area contributed by atoms with E-state index in [9.17, 15) is 14.7 Å². The van der Waals surface area contributed by atoms with Crippen molar-refractivity contribution in [2.45, 2.75) is 31.8 Å². The monoisotopic (exact) mass is 249 g/mol. The number of rotatable bonds is 3. The Bertz CT molecular complexity index is 515. The van der Waals surface area contributed by atoms with Crippen molar-refractivity contribution in [3.05, 3.63) is 23.4 Å². The van der Waals surface area contributed by atoms with Crippen LogP contribution in [0.5, 0.6) is 0 Å². The van der Waals surface area contributed by atoms with Crippen LogP contribution in [0.25, 0.3) is 0 Å². The first-order valence-electron chi connectivity index (χ1n) is 5.75. The van der Waals surface area contributed by atoms with Gasteiger partial charge in [0, 0.05) is 25.0 Å². The molecule has 0 fully saturated rings. The number of nitrogens with two attached hydrogens (primary N) is 1. The van der Waals surface area contributed by atoms with Crippen molar-refractivity contribution in [1.82, 2.24) is 4.98 Å². The van der Waals surface area contributed by atoms with Gasteiger partial charge in [-0.15, -0.1) is 0 Å². The fourth-order valence-corrected chi connectivity index (χ4v) is 1.97. The average Bonchev–Trinajstić information content (AvgIpc) is 2.66. The topological polar surface area (TPSA) is 105 Å². The van der Waals surface area contributed by atoms with Crippen molar-refractivity contribution in [2.75, 3.05) is 5.32 Å². The highest BCUT2D eigenvalue weighted by Gasteiger charge is 2.41. The Morgan fingerprint density at radius 3 is 2.83 bits per heavy atom. The second-order valence-corrected chi connectivity index (χ2v) is 4.45. The number of anilines is 1.